The van der Waals surface area contributed by atoms with E-state index in [0.717, 1.165) is 45.0 Å². The molecular weight excluding hydrogens is 450 g/mol. The summed E-state index contributed by atoms with van der Waals surface area (Å²) in [5.41, 5.74) is 2.03. The molecule has 0 saturated heterocycles. The van der Waals surface area contributed by atoms with Crippen LogP contribution in [0.15, 0.2) is 24.7 Å². The quantitative estimate of drug-likeness (QED) is 0.369. The molecule has 34 heavy (non-hydrogen) atoms. The highest BCUT2D eigenvalue weighted by Crippen LogP contribution is 2.42. The summed E-state index contributed by atoms with van der Waals surface area (Å²) in [6.45, 7) is 6.49. The van der Waals surface area contributed by atoms with Crippen molar-refractivity contribution in [3.8, 4) is 22.2 Å². The number of aliphatic hydroxyl groups excluding tert-OH is 2. The summed E-state index contributed by atoms with van der Waals surface area (Å²) in [4.78, 5) is 16.2. The Balaban J connectivity index is 1.61. The van der Waals surface area contributed by atoms with E-state index in [4.69, 9.17) is 15.1 Å². The zero-order valence-electron chi connectivity index (χ0n) is 19.9. The number of nitrogens with zero attached hydrogens (tertiary/aromatic N) is 6. The number of aliphatic hydroxyl groups is 2. The zero-order chi connectivity index (χ0) is 24.0. The van der Waals surface area contributed by atoms with Gasteiger partial charge in [-0.1, -0.05) is 0 Å². The minimum absolute atomic E-state index is 0.0846. The van der Waals surface area contributed by atoms with Crippen LogP contribution in [0.1, 0.15) is 38.3 Å². The second-order valence-electron chi connectivity index (χ2n) is 9.47. The van der Waals surface area contributed by atoms with E-state index in [0.29, 0.717) is 11.6 Å². The average Bonchev–Trinajstić information content (AvgIpc) is 3.59. The fourth-order valence-electron chi connectivity index (χ4n) is 4.89. The van der Waals surface area contributed by atoms with Gasteiger partial charge in [-0.05, 0) is 57.1 Å². The molecule has 0 amide bonds. The van der Waals surface area contributed by atoms with Gasteiger partial charge in [-0.25, -0.2) is 15.0 Å². The van der Waals surface area contributed by atoms with Gasteiger partial charge in [0.1, 0.15) is 16.3 Å². The highest BCUT2D eigenvalue weighted by molar-refractivity contribution is 7.22. The molecule has 1 saturated carbocycles. The topological polar surface area (TPSA) is 114 Å². The minimum Gasteiger partial charge on any atom is -0.396 e. The lowest BCUT2D eigenvalue weighted by molar-refractivity contribution is 0.141. The number of rotatable bonds is 7. The van der Waals surface area contributed by atoms with Crippen molar-refractivity contribution in [3.63, 3.8) is 0 Å². The van der Waals surface area contributed by atoms with Crippen molar-refractivity contribution in [1.29, 1.82) is 0 Å². The molecule has 10 heteroatoms. The number of anilines is 1. The highest BCUT2D eigenvalue weighted by Gasteiger charge is 2.34. The minimum atomic E-state index is 0.0846. The number of aromatic nitrogens is 6. The Bertz CT molecular complexity index is 1300. The van der Waals surface area contributed by atoms with Crippen molar-refractivity contribution in [1.82, 2.24) is 29.3 Å². The molecule has 9 nitrogen and oxygen atoms in total. The van der Waals surface area contributed by atoms with Crippen LogP contribution >= 0.6 is 11.3 Å². The first-order valence-corrected chi connectivity index (χ1v) is 12.5. The maximum Gasteiger partial charge on any atom is 0.199 e. The summed E-state index contributed by atoms with van der Waals surface area (Å²) >= 11 is 1.62. The number of hydrogen-bond acceptors (Lipinski definition) is 8. The Morgan fingerprint density at radius 3 is 2.47 bits per heavy atom. The molecule has 1 aliphatic rings. The van der Waals surface area contributed by atoms with Crippen LogP contribution in [0, 0.1) is 18.8 Å². The molecule has 180 valence electrons. The van der Waals surface area contributed by atoms with E-state index in [-0.39, 0.29) is 37.1 Å². The number of hydrogen-bond donors (Lipinski definition) is 3. The molecule has 0 aliphatic heterocycles. The van der Waals surface area contributed by atoms with E-state index < -0.39 is 0 Å². The van der Waals surface area contributed by atoms with Crippen LogP contribution < -0.4 is 5.32 Å². The van der Waals surface area contributed by atoms with E-state index in [9.17, 15) is 10.2 Å². The normalized spacial score (nSPS) is 20.6. The molecule has 4 aromatic rings. The first kappa shape index (κ1) is 22.9. The molecule has 1 aliphatic carbocycles. The third-order valence-electron chi connectivity index (χ3n) is 6.83. The molecule has 0 bridgehead atoms. The van der Waals surface area contributed by atoms with Crippen LogP contribution in [0.25, 0.3) is 32.4 Å². The lowest BCUT2D eigenvalue weighted by atomic mass is 9.98. The Hall–Kier alpha value is -2.82. The molecular formula is C24H31N7O2S. The lowest BCUT2D eigenvalue weighted by Gasteiger charge is -2.15. The summed E-state index contributed by atoms with van der Waals surface area (Å²) in [5.74, 6) is 2.22. The summed E-state index contributed by atoms with van der Waals surface area (Å²) in [7, 11) is 1.93. The van der Waals surface area contributed by atoms with Gasteiger partial charge in [0.25, 0.3) is 0 Å². The number of aryl methyl sites for hydroxylation is 2. The largest absolute Gasteiger partial charge is 0.396 e. The van der Waals surface area contributed by atoms with Crippen LogP contribution in [0.5, 0.6) is 0 Å². The Kier molecular flexibility index (Phi) is 6.13. The number of nitrogens with one attached hydrogen (secondary N) is 1. The first-order chi connectivity index (χ1) is 16.4. The predicted molar refractivity (Wildman–Crippen MR) is 134 cm³/mol. The van der Waals surface area contributed by atoms with Gasteiger partial charge in [-0.3, -0.25) is 4.68 Å². The van der Waals surface area contributed by atoms with Crippen LogP contribution in [0.3, 0.4) is 0 Å². The number of fused-ring (bicyclic) bond motifs is 1. The summed E-state index contributed by atoms with van der Waals surface area (Å²) in [6.07, 6.45) is 7.22. The van der Waals surface area contributed by atoms with Crippen LogP contribution in [-0.2, 0) is 7.05 Å². The zero-order valence-corrected chi connectivity index (χ0v) is 20.7. The van der Waals surface area contributed by atoms with E-state index in [1.54, 1.807) is 17.5 Å². The van der Waals surface area contributed by atoms with Gasteiger partial charge in [0.2, 0.25) is 0 Å². The van der Waals surface area contributed by atoms with Crippen molar-refractivity contribution in [2.45, 2.75) is 45.7 Å². The molecule has 1 unspecified atom stereocenters. The van der Waals surface area contributed by atoms with Crippen LogP contribution in [-0.4, -0.2) is 58.8 Å². The Morgan fingerprint density at radius 1 is 1.15 bits per heavy atom. The van der Waals surface area contributed by atoms with E-state index >= 15 is 0 Å². The molecule has 0 radical (unpaired) electrons. The third kappa shape index (κ3) is 3.99. The second kappa shape index (κ2) is 9.09. The second-order valence-corrected chi connectivity index (χ2v) is 10.5. The molecule has 4 heterocycles. The van der Waals surface area contributed by atoms with Crippen molar-refractivity contribution in [2.24, 2.45) is 18.9 Å². The monoisotopic (exact) mass is 481 g/mol. The summed E-state index contributed by atoms with van der Waals surface area (Å²) < 4.78 is 3.88. The molecule has 4 aromatic heterocycles. The van der Waals surface area contributed by atoms with Gasteiger partial charge < -0.3 is 20.1 Å². The molecule has 3 atom stereocenters. The predicted octanol–water partition coefficient (Wildman–Crippen LogP) is 3.64. The van der Waals surface area contributed by atoms with E-state index in [1.165, 1.54) is 0 Å². The lowest BCUT2D eigenvalue weighted by Crippen LogP contribution is -2.18. The standard InChI is InChI=1S/C24H31N7O2S/c1-13(2)31-7-5-18(29-31)20-14(3)19-21(26-17-9-15(11-32)16(10-17)12-33)27-22(28-24(19)34-20)23-25-6-8-30(23)4/h5-8,13,15-17,32-33H,9-12H2,1-4H3,(H,26,27,28)/t15-,16+,17?. The average molecular weight is 482 g/mol. The molecule has 1 fully saturated rings. The molecule has 0 aromatic carbocycles. The third-order valence-corrected chi connectivity index (χ3v) is 8.04. The van der Waals surface area contributed by atoms with Gasteiger partial charge in [-0.15, -0.1) is 11.3 Å². The first-order valence-electron chi connectivity index (χ1n) is 11.7. The van der Waals surface area contributed by atoms with Crippen molar-refractivity contribution in [2.75, 3.05) is 18.5 Å². The van der Waals surface area contributed by atoms with Gasteiger partial charge in [0.05, 0.1) is 10.3 Å². The molecule has 3 N–H and O–H groups in total. The van der Waals surface area contributed by atoms with E-state index in [2.05, 4.69) is 31.1 Å². The maximum absolute atomic E-state index is 9.75. The van der Waals surface area contributed by atoms with E-state index in [1.807, 2.05) is 34.8 Å². The smallest absolute Gasteiger partial charge is 0.199 e. The SMILES string of the molecule is Cc1c(-c2ccn(C(C)C)n2)sc2nc(-c3nccn3C)nc(NC3C[C@@H](CO)[C@@H](CO)C3)c12. The van der Waals surface area contributed by atoms with Crippen LogP contribution in [0.2, 0.25) is 0 Å². The fraction of sp³-hybridized carbons (Fsp3) is 0.500. The van der Waals surface area contributed by atoms with Gasteiger partial charge in [-0.2, -0.15) is 5.10 Å². The Morgan fingerprint density at radius 2 is 1.88 bits per heavy atom. The Labute approximate surface area is 202 Å². The van der Waals surface area contributed by atoms with Crippen molar-refractivity contribution in [3.05, 3.63) is 30.2 Å². The molecule has 5 rings (SSSR count). The van der Waals surface area contributed by atoms with Crippen molar-refractivity contribution >= 4 is 27.4 Å². The summed E-state index contributed by atoms with van der Waals surface area (Å²) in [6, 6.07) is 2.45. The molecule has 0 spiro atoms. The van der Waals surface area contributed by atoms with Gasteiger partial charge in [0.15, 0.2) is 11.6 Å². The summed E-state index contributed by atoms with van der Waals surface area (Å²) in [5, 5.41) is 28.9. The number of imidazole rings is 1. The highest BCUT2D eigenvalue weighted by atomic mass is 32.1. The maximum atomic E-state index is 9.75. The van der Waals surface area contributed by atoms with Gasteiger partial charge >= 0.3 is 0 Å². The van der Waals surface area contributed by atoms with Gasteiger partial charge in [0, 0.05) is 50.9 Å². The van der Waals surface area contributed by atoms with Crippen molar-refractivity contribution < 1.29 is 10.2 Å². The fourth-order valence-corrected chi connectivity index (χ4v) is 6.03. The number of thiophene rings is 1. The van der Waals surface area contributed by atoms with Crippen LogP contribution in [0.4, 0.5) is 5.82 Å².